The van der Waals surface area contributed by atoms with Gasteiger partial charge in [0, 0.05) is 24.4 Å². The average molecular weight is 381 g/mol. The van der Waals surface area contributed by atoms with Crippen LogP contribution in [0.3, 0.4) is 0 Å². The number of rotatable bonds is 8. The Balaban J connectivity index is 2.08. The van der Waals surface area contributed by atoms with Crippen LogP contribution >= 0.6 is 0 Å². The fourth-order valence-corrected chi connectivity index (χ4v) is 2.82. The minimum Gasteiger partial charge on any atom is -0.494 e. The quantitative estimate of drug-likeness (QED) is 0.506. The molecule has 0 saturated heterocycles. The molecule has 0 radical (unpaired) electrons. The lowest BCUT2D eigenvalue weighted by Crippen LogP contribution is -2.17. The number of aryl methyl sites for hydroxylation is 1. The molecule has 28 heavy (non-hydrogen) atoms. The first-order chi connectivity index (χ1) is 13.6. The van der Waals surface area contributed by atoms with Gasteiger partial charge in [0.1, 0.15) is 0 Å². The number of primary amides is 1. The molecule has 0 saturated carbocycles. The van der Waals surface area contributed by atoms with Crippen molar-refractivity contribution in [1.82, 2.24) is 20.0 Å². The van der Waals surface area contributed by atoms with Crippen LogP contribution in [0.15, 0.2) is 36.5 Å². The van der Waals surface area contributed by atoms with E-state index in [1.54, 1.807) is 19.4 Å². The number of nitrogens with zero attached hydrogens (tertiary/aromatic N) is 4. The number of ether oxygens (including phenoxy) is 1. The van der Waals surface area contributed by atoms with Gasteiger partial charge in [-0.1, -0.05) is 6.07 Å². The third-order valence-corrected chi connectivity index (χ3v) is 4.01. The highest BCUT2D eigenvalue weighted by Gasteiger charge is 2.18. The summed E-state index contributed by atoms with van der Waals surface area (Å²) in [6.45, 7) is 2.69. The average Bonchev–Trinajstić information content (AvgIpc) is 3.16. The molecule has 0 aliphatic heterocycles. The molecule has 2 amide bonds. The molecule has 3 aromatic rings. The lowest BCUT2D eigenvalue weighted by atomic mass is 10.1. The zero-order valence-corrected chi connectivity index (χ0v) is 15.3. The van der Waals surface area contributed by atoms with Crippen molar-refractivity contribution in [2.45, 2.75) is 13.5 Å². The van der Waals surface area contributed by atoms with Gasteiger partial charge < -0.3 is 21.1 Å². The SMILES string of the molecule is CCn1nccc1-c1cccc(Nc2cc(NC=O)nnc2C(N)=O)c1OC. The van der Waals surface area contributed by atoms with E-state index in [1.165, 1.54) is 6.07 Å². The molecular weight excluding hydrogens is 362 g/mol. The predicted octanol–water partition coefficient (Wildman–Crippen LogP) is 1.78. The maximum absolute atomic E-state index is 11.7. The second-order valence-electron chi connectivity index (χ2n) is 5.66. The normalized spacial score (nSPS) is 10.4. The molecule has 2 aromatic heterocycles. The predicted molar refractivity (Wildman–Crippen MR) is 103 cm³/mol. The maximum atomic E-state index is 11.7. The van der Waals surface area contributed by atoms with E-state index in [4.69, 9.17) is 10.5 Å². The van der Waals surface area contributed by atoms with Crippen molar-refractivity contribution in [3.8, 4) is 17.0 Å². The summed E-state index contributed by atoms with van der Waals surface area (Å²) < 4.78 is 7.47. The maximum Gasteiger partial charge on any atom is 0.271 e. The molecule has 144 valence electrons. The van der Waals surface area contributed by atoms with E-state index in [0.717, 1.165) is 11.3 Å². The van der Waals surface area contributed by atoms with Gasteiger partial charge in [-0.15, -0.1) is 10.2 Å². The van der Waals surface area contributed by atoms with Gasteiger partial charge in [0.25, 0.3) is 5.91 Å². The smallest absolute Gasteiger partial charge is 0.271 e. The summed E-state index contributed by atoms with van der Waals surface area (Å²) in [6, 6.07) is 8.89. The Kier molecular flexibility index (Phi) is 5.49. The first kappa shape index (κ1) is 18.8. The fraction of sp³-hybridized carbons (Fsp3) is 0.167. The number of carbonyl (C=O) groups is 2. The topological polar surface area (TPSA) is 137 Å². The molecule has 2 heterocycles. The number of aromatic nitrogens is 4. The molecule has 0 aliphatic carbocycles. The van der Waals surface area contributed by atoms with E-state index in [9.17, 15) is 9.59 Å². The summed E-state index contributed by atoms with van der Waals surface area (Å²) in [5.41, 5.74) is 7.89. The molecule has 0 atom stereocenters. The summed E-state index contributed by atoms with van der Waals surface area (Å²) in [6.07, 6.45) is 2.18. The van der Waals surface area contributed by atoms with Crippen LogP contribution in [0.1, 0.15) is 17.4 Å². The third-order valence-electron chi connectivity index (χ3n) is 4.01. The van der Waals surface area contributed by atoms with Gasteiger partial charge in [-0.05, 0) is 25.1 Å². The number of hydrogen-bond donors (Lipinski definition) is 3. The molecule has 3 rings (SSSR count). The highest BCUT2D eigenvalue weighted by molar-refractivity contribution is 5.98. The van der Waals surface area contributed by atoms with E-state index in [-0.39, 0.29) is 17.2 Å². The molecule has 0 aliphatic rings. The Morgan fingerprint density at radius 3 is 2.79 bits per heavy atom. The number of methoxy groups -OCH3 is 1. The molecule has 0 unspecified atom stereocenters. The number of anilines is 3. The Bertz CT molecular complexity index is 1020. The summed E-state index contributed by atoms with van der Waals surface area (Å²) in [4.78, 5) is 22.4. The Hall–Kier alpha value is -3.95. The van der Waals surface area contributed by atoms with Gasteiger partial charge in [0.2, 0.25) is 6.41 Å². The number of nitrogens with one attached hydrogen (secondary N) is 2. The standard InChI is InChI=1S/C18H19N7O3/c1-3-25-14(7-8-21-25)11-5-4-6-12(17(11)28-2)22-13-9-15(20-10-26)23-24-16(13)18(19)27/h4-10H,3H2,1-2H3,(H2,19,27)(H2,20,22,23,26). The second kappa shape index (κ2) is 8.16. The third kappa shape index (κ3) is 3.61. The molecule has 0 fully saturated rings. The van der Waals surface area contributed by atoms with E-state index in [2.05, 4.69) is 25.9 Å². The van der Waals surface area contributed by atoms with E-state index in [0.29, 0.717) is 24.4 Å². The zero-order chi connectivity index (χ0) is 20.1. The van der Waals surface area contributed by atoms with Crippen LogP contribution < -0.4 is 21.1 Å². The number of amides is 2. The molecule has 0 bridgehead atoms. The van der Waals surface area contributed by atoms with E-state index < -0.39 is 5.91 Å². The highest BCUT2D eigenvalue weighted by atomic mass is 16.5. The van der Waals surface area contributed by atoms with Gasteiger partial charge >= 0.3 is 0 Å². The first-order valence-electron chi connectivity index (χ1n) is 8.43. The van der Waals surface area contributed by atoms with Crippen LogP contribution in [0.25, 0.3) is 11.3 Å². The Morgan fingerprint density at radius 1 is 1.29 bits per heavy atom. The highest BCUT2D eigenvalue weighted by Crippen LogP contribution is 2.38. The minimum absolute atomic E-state index is 0.0671. The van der Waals surface area contributed by atoms with Crippen molar-refractivity contribution in [2.75, 3.05) is 17.7 Å². The van der Waals surface area contributed by atoms with E-state index >= 15 is 0 Å². The van der Waals surface area contributed by atoms with Crippen molar-refractivity contribution in [3.05, 3.63) is 42.2 Å². The van der Waals surface area contributed by atoms with Crippen LogP contribution in [0.4, 0.5) is 17.2 Å². The van der Waals surface area contributed by atoms with Crippen molar-refractivity contribution < 1.29 is 14.3 Å². The molecule has 1 aromatic carbocycles. The molecular formula is C18H19N7O3. The van der Waals surface area contributed by atoms with Crippen LogP contribution in [-0.4, -0.2) is 39.4 Å². The van der Waals surface area contributed by atoms with Gasteiger partial charge in [-0.3, -0.25) is 14.3 Å². The summed E-state index contributed by atoms with van der Waals surface area (Å²) in [7, 11) is 1.55. The largest absolute Gasteiger partial charge is 0.494 e. The Morgan fingerprint density at radius 2 is 2.11 bits per heavy atom. The molecule has 10 nitrogen and oxygen atoms in total. The summed E-state index contributed by atoms with van der Waals surface area (Å²) in [5.74, 6) is -0.0386. The lowest BCUT2D eigenvalue weighted by Gasteiger charge is -2.17. The van der Waals surface area contributed by atoms with Crippen molar-refractivity contribution in [1.29, 1.82) is 0 Å². The van der Waals surface area contributed by atoms with E-state index in [1.807, 2.05) is 29.8 Å². The number of carbonyl (C=O) groups excluding carboxylic acids is 2. The summed E-state index contributed by atoms with van der Waals surface area (Å²) in [5, 5.41) is 17.3. The zero-order valence-electron chi connectivity index (χ0n) is 15.3. The number of nitrogens with two attached hydrogens (primary N) is 1. The second-order valence-corrected chi connectivity index (χ2v) is 5.66. The van der Waals surface area contributed by atoms with Crippen molar-refractivity contribution in [2.24, 2.45) is 5.73 Å². The lowest BCUT2D eigenvalue weighted by molar-refractivity contribution is -0.105. The van der Waals surface area contributed by atoms with Crippen LogP contribution in [0, 0.1) is 0 Å². The summed E-state index contributed by atoms with van der Waals surface area (Å²) >= 11 is 0. The van der Waals surface area contributed by atoms with Crippen molar-refractivity contribution >= 4 is 29.5 Å². The minimum atomic E-state index is -0.758. The van der Waals surface area contributed by atoms with Crippen LogP contribution in [-0.2, 0) is 11.3 Å². The first-order valence-corrected chi connectivity index (χ1v) is 8.43. The molecule has 4 N–H and O–H groups in total. The van der Waals surface area contributed by atoms with Gasteiger partial charge in [-0.2, -0.15) is 5.10 Å². The van der Waals surface area contributed by atoms with Gasteiger partial charge in [0.05, 0.1) is 24.2 Å². The van der Waals surface area contributed by atoms with Crippen LogP contribution in [0.2, 0.25) is 0 Å². The van der Waals surface area contributed by atoms with Gasteiger partial charge in [-0.25, -0.2) is 0 Å². The molecule has 0 spiro atoms. The number of para-hydroxylation sites is 1. The van der Waals surface area contributed by atoms with Gasteiger partial charge in [0.15, 0.2) is 17.3 Å². The monoisotopic (exact) mass is 381 g/mol. The number of benzene rings is 1. The number of hydrogen-bond acceptors (Lipinski definition) is 7. The Labute approximate surface area is 160 Å². The van der Waals surface area contributed by atoms with Crippen LogP contribution in [0.5, 0.6) is 5.75 Å². The fourth-order valence-electron chi connectivity index (χ4n) is 2.82. The van der Waals surface area contributed by atoms with Crippen molar-refractivity contribution in [3.63, 3.8) is 0 Å². The molecule has 10 heteroatoms.